The summed E-state index contributed by atoms with van der Waals surface area (Å²) in [6.07, 6.45) is 5.12. The number of amides is 1. The van der Waals surface area contributed by atoms with E-state index < -0.39 is 0 Å². The summed E-state index contributed by atoms with van der Waals surface area (Å²) in [5.41, 5.74) is 1.94. The predicted octanol–water partition coefficient (Wildman–Crippen LogP) is 2.47. The summed E-state index contributed by atoms with van der Waals surface area (Å²) in [5, 5.41) is 6.35. The quantitative estimate of drug-likeness (QED) is 0.831. The third-order valence-corrected chi connectivity index (χ3v) is 5.52. The van der Waals surface area contributed by atoms with Crippen LogP contribution in [0.15, 0.2) is 18.2 Å². The molecule has 2 unspecified atom stereocenters. The fourth-order valence-electron chi connectivity index (χ4n) is 4.07. The second-order valence-electron chi connectivity index (χ2n) is 7.37. The molecule has 1 aromatic carbocycles. The molecule has 2 aliphatic rings. The molecule has 1 aromatic rings. The number of piperidine rings is 1. The molecule has 138 valence electrons. The van der Waals surface area contributed by atoms with Crippen LogP contribution in [0.3, 0.4) is 0 Å². The minimum Gasteiger partial charge on any atom is -0.354 e. The first-order valence-electron chi connectivity index (χ1n) is 9.67. The van der Waals surface area contributed by atoms with Gasteiger partial charge in [0.15, 0.2) is 0 Å². The normalized spacial score (nSPS) is 24.4. The van der Waals surface area contributed by atoms with Crippen molar-refractivity contribution in [3.05, 3.63) is 35.1 Å². The number of rotatable bonds is 6. The number of likely N-dealkylation sites (tertiary alicyclic amines) is 1. The van der Waals surface area contributed by atoms with Crippen LogP contribution in [-0.2, 0) is 17.8 Å². The zero-order chi connectivity index (χ0) is 17.6. The molecule has 0 aliphatic carbocycles. The maximum atomic E-state index is 14.2. The maximum Gasteiger partial charge on any atom is 0.237 e. The molecule has 2 saturated heterocycles. The first kappa shape index (κ1) is 18.3. The van der Waals surface area contributed by atoms with Crippen molar-refractivity contribution in [1.29, 1.82) is 0 Å². The highest BCUT2D eigenvalue weighted by Gasteiger charge is 2.25. The van der Waals surface area contributed by atoms with Gasteiger partial charge in [-0.05, 0) is 62.7 Å². The Labute approximate surface area is 150 Å². The van der Waals surface area contributed by atoms with E-state index in [-0.39, 0.29) is 17.8 Å². The van der Waals surface area contributed by atoms with Gasteiger partial charge in [-0.3, -0.25) is 9.69 Å². The van der Waals surface area contributed by atoms with E-state index in [4.69, 9.17) is 0 Å². The Hall–Kier alpha value is -1.46. The van der Waals surface area contributed by atoms with E-state index in [1.54, 1.807) is 12.1 Å². The summed E-state index contributed by atoms with van der Waals surface area (Å²) in [4.78, 5) is 14.5. The summed E-state index contributed by atoms with van der Waals surface area (Å²) >= 11 is 0. The molecule has 0 aromatic heterocycles. The molecule has 0 radical (unpaired) electrons. The van der Waals surface area contributed by atoms with Crippen molar-refractivity contribution in [3.63, 3.8) is 0 Å². The molecule has 0 saturated carbocycles. The van der Waals surface area contributed by atoms with E-state index in [0.717, 1.165) is 69.4 Å². The highest BCUT2D eigenvalue weighted by atomic mass is 19.1. The van der Waals surface area contributed by atoms with Crippen molar-refractivity contribution in [2.45, 2.75) is 51.6 Å². The number of hydrogen-bond donors (Lipinski definition) is 2. The van der Waals surface area contributed by atoms with Crippen molar-refractivity contribution in [1.82, 2.24) is 15.5 Å². The Bertz CT molecular complexity index is 586. The van der Waals surface area contributed by atoms with Gasteiger partial charge in [0.05, 0.1) is 6.04 Å². The second-order valence-corrected chi connectivity index (χ2v) is 7.37. The molecule has 2 N–H and O–H groups in total. The number of aryl methyl sites for hydroxylation is 1. The van der Waals surface area contributed by atoms with Crippen LogP contribution >= 0.6 is 0 Å². The van der Waals surface area contributed by atoms with E-state index in [1.165, 1.54) is 0 Å². The smallest absolute Gasteiger partial charge is 0.237 e. The molecule has 2 fully saturated rings. The van der Waals surface area contributed by atoms with Crippen molar-refractivity contribution in [3.8, 4) is 0 Å². The molecule has 2 heterocycles. The largest absolute Gasteiger partial charge is 0.354 e. The Kier molecular flexibility index (Phi) is 6.43. The first-order chi connectivity index (χ1) is 12.2. The van der Waals surface area contributed by atoms with Gasteiger partial charge in [0.25, 0.3) is 0 Å². The van der Waals surface area contributed by atoms with Crippen molar-refractivity contribution in [2.24, 2.45) is 5.92 Å². The Morgan fingerprint density at radius 2 is 2.24 bits per heavy atom. The fourth-order valence-corrected chi connectivity index (χ4v) is 4.07. The summed E-state index contributed by atoms with van der Waals surface area (Å²) in [6.45, 7) is 6.35. The average Bonchev–Trinajstić information content (AvgIpc) is 3.16. The SMILES string of the molecule is CCc1cccc(F)c1CN1CCCC(CNC(=O)C2CCCN2)C1. The third kappa shape index (κ3) is 4.79. The molecule has 1 amide bonds. The second kappa shape index (κ2) is 8.77. The van der Waals surface area contributed by atoms with Crippen LogP contribution in [0.5, 0.6) is 0 Å². The molecule has 3 rings (SSSR count). The summed E-state index contributed by atoms with van der Waals surface area (Å²) < 4.78 is 14.2. The lowest BCUT2D eigenvalue weighted by atomic mass is 9.96. The van der Waals surface area contributed by atoms with Gasteiger partial charge in [0.2, 0.25) is 5.91 Å². The summed E-state index contributed by atoms with van der Waals surface area (Å²) in [5.74, 6) is 0.495. The topological polar surface area (TPSA) is 44.4 Å². The zero-order valence-electron chi connectivity index (χ0n) is 15.2. The Morgan fingerprint density at radius 3 is 3.00 bits per heavy atom. The number of hydrogen-bond acceptors (Lipinski definition) is 3. The molecule has 0 bridgehead atoms. The van der Waals surface area contributed by atoms with Gasteiger partial charge in [-0.15, -0.1) is 0 Å². The van der Waals surface area contributed by atoms with E-state index in [9.17, 15) is 9.18 Å². The van der Waals surface area contributed by atoms with Crippen LogP contribution in [0, 0.1) is 11.7 Å². The number of benzene rings is 1. The number of carbonyl (C=O) groups is 1. The Balaban J connectivity index is 1.52. The van der Waals surface area contributed by atoms with Crippen LogP contribution in [0.2, 0.25) is 0 Å². The van der Waals surface area contributed by atoms with Crippen molar-refractivity contribution < 1.29 is 9.18 Å². The van der Waals surface area contributed by atoms with Gasteiger partial charge in [-0.1, -0.05) is 19.1 Å². The molecular formula is C20H30FN3O. The maximum absolute atomic E-state index is 14.2. The standard InChI is InChI=1S/C20H30FN3O/c1-2-16-7-3-8-18(21)17(16)14-24-11-5-6-15(13-24)12-23-20(25)19-9-4-10-22-19/h3,7-8,15,19,22H,2,4-6,9-14H2,1H3,(H,23,25). The highest BCUT2D eigenvalue weighted by molar-refractivity contribution is 5.81. The van der Waals surface area contributed by atoms with E-state index in [1.807, 2.05) is 6.07 Å². The van der Waals surface area contributed by atoms with Crippen LogP contribution in [-0.4, -0.2) is 43.0 Å². The summed E-state index contributed by atoms with van der Waals surface area (Å²) in [7, 11) is 0. The minimum atomic E-state index is -0.0953. The van der Waals surface area contributed by atoms with Gasteiger partial charge >= 0.3 is 0 Å². The number of nitrogens with zero attached hydrogens (tertiary/aromatic N) is 1. The Morgan fingerprint density at radius 1 is 1.36 bits per heavy atom. The van der Waals surface area contributed by atoms with Gasteiger partial charge in [0.1, 0.15) is 5.82 Å². The van der Waals surface area contributed by atoms with Crippen molar-refractivity contribution in [2.75, 3.05) is 26.2 Å². The van der Waals surface area contributed by atoms with E-state index in [0.29, 0.717) is 12.5 Å². The molecule has 4 nitrogen and oxygen atoms in total. The van der Waals surface area contributed by atoms with Crippen LogP contribution in [0.25, 0.3) is 0 Å². The molecular weight excluding hydrogens is 317 g/mol. The van der Waals surface area contributed by atoms with Gasteiger partial charge in [-0.25, -0.2) is 4.39 Å². The van der Waals surface area contributed by atoms with E-state index >= 15 is 0 Å². The van der Waals surface area contributed by atoms with Gasteiger partial charge in [0, 0.05) is 25.2 Å². The fraction of sp³-hybridized carbons (Fsp3) is 0.650. The first-order valence-corrected chi connectivity index (χ1v) is 9.67. The lowest BCUT2D eigenvalue weighted by molar-refractivity contribution is -0.123. The monoisotopic (exact) mass is 347 g/mol. The number of nitrogens with one attached hydrogen (secondary N) is 2. The van der Waals surface area contributed by atoms with Gasteiger partial charge < -0.3 is 10.6 Å². The van der Waals surface area contributed by atoms with Crippen LogP contribution in [0.4, 0.5) is 4.39 Å². The zero-order valence-corrected chi connectivity index (χ0v) is 15.2. The minimum absolute atomic E-state index is 0.00905. The van der Waals surface area contributed by atoms with Gasteiger partial charge in [-0.2, -0.15) is 0 Å². The van der Waals surface area contributed by atoms with Crippen LogP contribution < -0.4 is 10.6 Å². The predicted molar refractivity (Wildman–Crippen MR) is 97.8 cm³/mol. The third-order valence-electron chi connectivity index (χ3n) is 5.52. The molecule has 0 spiro atoms. The molecule has 2 aliphatic heterocycles. The lowest BCUT2D eigenvalue weighted by Crippen LogP contribution is -2.45. The number of halogens is 1. The highest BCUT2D eigenvalue weighted by Crippen LogP contribution is 2.22. The summed E-state index contributed by atoms with van der Waals surface area (Å²) in [6, 6.07) is 5.37. The molecule has 2 atom stereocenters. The van der Waals surface area contributed by atoms with Crippen molar-refractivity contribution >= 4 is 5.91 Å². The number of carbonyl (C=O) groups excluding carboxylic acids is 1. The molecule has 5 heteroatoms. The van der Waals surface area contributed by atoms with E-state index in [2.05, 4.69) is 22.5 Å². The average molecular weight is 347 g/mol. The molecule has 25 heavy (non-hydrogen) atoms. The van der Waals surface area contributed by atoms with Crippen LogP contribution in [0.1, 0.15) is 43.7 Å². The lowest BCUT2D eigenvalue weighted by Gasteiger charge is -2.33.